The van der Waals surface area contributed by atoms with E-state index in [1.807, 2.05) is 13.0 Å². The maximum absolute atomic E-state index is 10.8. The minimum Gasteiger partial charge on any atom is -0.478 e. The summed E-state index contributed by atoms with van der Waals surface area (Å²) < 4.78 is 0. The number of carbonyl (C=O) groups is 1. The van der Waals surface area contributed by atoms with Crippen molar-refractivity contribution in [3.05, 3.63) is 47.0 Å². The van der Waals surface area contributed by atoms with Crippen LogP contribution in [0.2, 0.25) is 0 Å². The Bertz CT molecular complexity index is 613. The number of anilines is 1. The Labute approximate surface area is 110 Å². The summed E-state index contributed by atoms with van der Waals surface area (Å²) in [6, 6.07) is 1.93. The van der Waals surface area contributed by atoms with Crippen molar-refractivity contribution in [2.24, 2.45) is 0 Å². The molecule has 6 nitrogen and oxygen atoms in total. The second-order valence-corrected chi connectivity index (χ2v) is 4.15. The predicted molar refractivity (Wildman–Crippen MR) is 70.0 cm³/mol. The van der Waals surface area contributed by atoms with Crippen LogP contribution in [-0.2, 0) is 6.54 Å². The van der Waals surface area contributed by atoms with Gasteiger partial charge in [-0.2, -0.15) is 0 Å². The van der Waals surface area contributed by atoms with Crippen LogP contribution < -0.4 is 5.32 Å². The molecular formula is C13H14N4O2. The molecule has 2 aromatic heterocycles. The molecule has 19 heavy (non-hydrogen) atoms. The minimum atomic E-state index is -1.02. The highest BCUT2D eigenvalue weighted by atomic mass is 16.4. The van der Waals surface area contributed by atoms with Gasteiger partial charge in [0.2, 0.25) is 5.95 Å². The lowest BCUT2D eigenvalue weighted by Crippen LogP contribution is -2.09. The Kier molecular flexibility index (Phi) is 3.70. The Morgan fingerprint density at radius 1 is 1.37 bits per heavy atom. The van der Waals surface area contributed by atoms with Crippen molar-refractivity contribution in [2.45, 2.75) is 20.4 Å². The van der Waals surface area contributed by atoms with Gasteiger partial charge in [-0.15, -0.1) is 0 Å². The van der Waals surface area contributed by atoms with Crippen LogP contribution in [0.15, 0.2) is 24.7 Å². The molecule has 0 radical (unpaired) electrons. The van der Waals surface area contributed by atoms with E-state index < -0.39 is 5.97 Å². The van der Waals surface area contributed by atoms with E-state index in [2.05, 4.69) is 20.3 Å². The van der Waals surface area contributed by atoms with Gasteiger partial charge in [0.05, 0.1) is 11.3 Å². The highest BCUT2D eigenvalue weighted by Crippen LogP contribution is 2.10. The molecule has 0 atom stereocenters. The van der Waals surface area contributed by atoms with E-state index in [0.29, 0.717) is 18.2 Å². The zero-order chi connectivity index (χ0) is 13.8. The fourth-order valence-corrected chi connectivity index (χ4v) is 1.62. The topological polar surface area (TPSA) is 88.0 Å². The summed E-state index contributed by atoms with van der Waals surface area (Å²) in [6.07, 6.45) is 4.82. The molecule has 0 aliphatic carbocycles. The fourth-order valence-electron chi connectivity index (χ4n) is 1.62. The number of nitrogens with zero attached hydrogens (tertiary/aromatic N) is 3. The minimum absolute atomic E-state index is 0.114. The third-order valence-electron chi connectivity index (χ3n) is 2.79. The van der Waals surface area contributed by atoms with E-state index in [0.717, 1.165) is 11.1 Å². The smallest absolute Gasteiger partial charge is 0.339 e. The van der Waals surface area contributed by atoms with Gasteiger partial charge in [0.15, 0.2) is 0 Å². The summed E-state index contributed by atoms with van der Waals surface area (Å²) >= 11 is 0. The molecule has 2 rings (SSSR count). The number of carboxylic acid groups (broad SMARTS) is 1. The average molecular weight is 258 g/mol. The second-order valence-electron chi connectivity index (χ2n) is 4.15. The molecule has 2 heterocycles. The monoisotopic (exact) mass is 258 g/mol. The maximum atomic E-state index is 10.8. The molecule has 0 unspecified atom stereocenters. The quantitative estimate of drug-likeness (QED) is 0.869. The Morgan fingerprint density at radius 2 is 2.16 bits per heavy atom. The molecule has 6 heteroatoms. The number of pyridine rings is 1. The zero-order valence-corrected chi connectivity index (χ0v) is 10.7. The lowest BCUT2D eigenvalue weighted by atomic mass is 10.2. The summed E-state index contributed by atoms with van der Waals surface area (Å²) in [5.41, 5.74) is 2.73. The molecule has 2 N–H and O–H groups in total. The van der Waals surface area contributed by atoms with Gasteiger partial charge in [-0.1, -0.05) is 0 Å². The molecule has 0 saturated heterocycles. The summed E-state index contributed by atoms with van der Waals surface area (Å²) in [5.74, 6) is -0.613. The van der Waals surface area contributed by atoms with Crippen molar-refractivity contribution < 1.29 is 9.90 Å². The average Bonchev–Trinajstić information content (AvgIpc) is 2.37. The van der Waals surface area contributed by atoms with Gasteiger partial charge in [-0.05, 0) is 31.0 Å². The second kappa shape index (κ2) is 5.43. The van der Waals surface area contributed by atoms with Crippen molar-refractivity contribution in [1.29, 1.82) is 0 Å². The third-order valence-corrected chi connectivity index (χ3v) is 2.79. The van der Waals surface area contributed by atoms with Crippen LogP contribution in [0.1, 0.15) is 27.2 Å². The van der Waals surface area contributed by atoms with Gasteiger partial charge >= 0.3 is 5.97 Å². The molecule has 0 saturated carbocycles. The summed E-state index contributed by atoms with van der Waals surface area (Å²) in [6.45, 7) is 4.19. The number of aromatic carboxylic acids is 1. The van der Waals surface area contributed by atoms with Crippen molar-refractivity contribution in [1.82, 2.24) is 15.0 Å². The first kappa shape index (κ1) is 12.9. The largest absolute Gasteiger partial charge is 0.478 e. The third kappa shape index (κ3) is 3.04. The zero-order valence-electron chi connectivity index (χ0n) is 10.7. The normalized spacial score (nSPS) is 10.2. The van der Waals surface area contributed by atoms with Crippen molar-refractivity contribution in [3.8, 4) is 0 Å². The first-order valence-electron chi connectivity index (χ1n) is 5.78. The van der Waals surface area contributed by atoms with E-state index in [1.54, 1.807) is 19.3 Å². The molecule has 0 aliphatic rings. The van der Waals surface area contributed by atoms with Crippen LogP contribution in [0.4, 0.5) is 5.95 Å². The van der Waals surface area contributed by atoms with Crippen LogP contribution in [0.25, 0.3) is 0 Å². The molecule has 0 fully saturated rings. The highest BCUT2D eigenvalue weighted by molar-refractivity contribution is 5.88. The molecule has 0 bridgehead atoms. The molecule has 98 valence electrons. The number of carboxylic acids is 1. The lowest BCUT2D eigenvalue weighted by Gasteiger charge is -2.08. The van der Waals surface area contributed by atoms with Crippen molar-refractivity contribution in [3.63, 3.8) is 0 Å². The van der Waals surface area contributed by atoms with Crippen molar-refractivity contribution in [2.75, 3.05) is 5.32 Å². The number of nitrogens with one attached hydrogen (secondary N) is 1. The highest BCUT2D eigenvalue weighted by Gasteiger charge is 2.09. The summed E-state index contributed by atoms with van der Waals surface area (Å²) in [7, 11) is 0. The van der Waals surface area contributed by atoms with Gasteiger partial charge in [-0.25, -0.2) is 14.8 Å². The van der Waals surface area contributed by atoms with E-state index >= 15 is 0 Å². The number of rotatable bonds is 4. The Hall–Kier alpha value is -2.50. The van der Waals surface area contributed by atoms with Gasteiger partial charge in [0.25, 0.3) is 0 Å². The van der Waals surface area contributed by atoms with Crippen LogP contribution in [0, 0.1) is 13.8 Å². The predicted octanol–water partition coefficient (Wildman–Crippen LogP) is 1.80. The Balaban J connectivity index is 2.11. The van der Waals surface area contributed by atoms with Gasteiger partial charge < -0.3 is 10.4 Å². The molecular weight excluding hydrogens is 244 g/mol. The molecule has 0 aromatic carbocycles. The first-order valence-corrected chi connectivity index (χ1v) is 5.78. The van der Waals surface area contributed by atoms with Crippen molar-refractivity contribution >= 4 is 11.9 Å². The van der Waals surface area contributed by atoms with E-state index in [9.17, 15) is 4.79 Å². The standard InChI is InChI=1S/C13H14N4O2/c1-8-3-4-14-5-10(8)6-15-13-16-7-11(12(18)19)9(2)17-13/h3-5,7H,6H2,1-2H3,(H,18,19)(H,15,16,17). The number of hydrogen-bond donors (Lipinski definition) is 2. The molecule has 2 aromatic rings. The first-order chi connectivity index (χ1) is 9.08. The van der Waals surface area contributed by atoms with Crippen LogP contribution in [-0.4, -0.2) is 26.0 Å². The Morgan fingerprint density at radius 3 is 2.79 bits per heavy atom. The summed E-state index contributed by atoms with van der Waals surface area (Å²) in [5, 5.41) is 11.9. The molecule has 0 spiro atoms. The fraction of sp³-hybridized carbons (Fsp3) is 0.231. The number of aryl methyl sites for hydroxylation is 2. The number of hydrogen-bond acceptors (Lipinski definition) is 5. The lowest BCUT2D eigenvalue weighted by molar-refractivity contribution is 0.0695. The van der Waals surface area contributed by atoms with Crippen LogP contribution in [0.5, 0.6) is 0 Å². The van der Waals surface area contributed by atoms with E-state index in [4.69, 9.17) is 5.11 Å². The summed E-state index contributed by atoms with van der Waals surface area (Å²) in [4.78, 5) is 23.0. The van der Waals surface area contributed by atoms with Gasteiger partial charge in [0.1, 0.15) is 0 Å². The van der Waals surface area contributed by atoms with Gasteiger partial charge in [0, 0.05) is 25.1 Å². The molecule has 0 amide bonds. The van der Waals surface area contributed by atoms with E-state index in [1.165, 1.54) is 6.20 Å². The maximum Gasteiger partial charge on any atom is 0.339 e. The SMILES string of the molecule is Cc1ccncc1CNc1ncc(C(=O)O)c(C)n1. The van der Waals surface area contributed by atoms with Gasteiger partial charge in [-0.3, -0.25) is 4.98 Å². The van der Waals surface area contributed by atoms with E-state index in [-0.39, 0.29) is 5.56 Å². The van der Waals surface area contributed by atoms with Crippen LogP contribution in [0.3, 0.4) is 0 Å². The molecule has 0 aliphatic heterocycles. The van der Waals surface area contributed by atoms with Crippen LogP contribution >= 0.6 is 0 Å². The number of aromatic nitrogens is 3.